The first-order valence-electron chi connectivity index (χ1n) is 8.43. The molecule has 0 saturated carbocycles. The van der Waals surface area contributed by atoms with E-state index in [-0.39, 0.29) is 17.9 Å². The predicted molar refractivity (Wildman–Crippen MR) is 82.0 cm³/mol. The van der Waals surface area contributed by atoms with Crippen LogP contribution in [0, 0.1) is 11.3 Å². The first kappa shape index (κ1) is 15.7. The SMILES string of the molecule is NC(=O)CN1CC2(CCC1=O)CCN(C[C@H]1CCOC1)CC2. The lowest BCUT2D eigenvalue weighted by Crippen LogP contribution is -2.53. The Balaban J connectivity index is 1.52. The van der Waals surface area contributed by atoms with Crippen molar-refractivity contribution in [2.45, 2.75) is 32.1 Å². The van der Waals surface area contributed by atoms with Crippen LogP contribution in [-0.4, -0.2) is 67.6 Å². The van der Waals surface area contributed by atoms with E-state index in [9.17, 15) is 9.59 Å². The smallest absolute Gasteiger partial charge is 0.237 e. The highest BCUT2D eigenvalue weighted by Crippen LogP contribution is 2.40. The Morgan fingerprint density at radius 3 is 2.73 bits per heavy atom. The molecule has 3 aliphatic heterocycles. The van der Waals surface area contributed by atoms with Gasteiger partial charge in [0.15, 0.2) is 0 Å². The van der Waals surface area contributed by atoms with E-state index in [1.807, 2.05) is 0 Å². The third kappa shape index (κ3) is 3.60. The highest BCUT2D eigenvalue weighted by molar-refractivity contribution is 5.84. The van der Waals surface area contributed by atoms with Gasteiger partial charge >= 0.3 is 0 Å². The summed E-state index contributed by atoms with van der Waals surface area (Å²) in [4.78, 5) is 27.3. The summed E-state index contributed by atoms with van der Waals surface area (Å²) in [5.74, 6) is 0.354. The second kappa shape index (κ2) is 6.54. The molecule has 3 saturated heterocycles. The molecule has 0 aromatic rings. The minimum atomic E-state index is -0.413. The van der Waals surface area contributed by atoms with Crippen LogP contribution in [0.3, 0.4) is 0 Å². The van der Waals surface area contributed by atoms with Crippen LogP contribution in [0.2, 0.25) is 0 Å². The van der Waals surface area contributed by atoms with Gasteiger partial charge in [-0.1, -0.05) is 0 Å². The first-order valence-corrected chi connectivity index (χ1v) is 8.43. The van der Waals surface area contributed by atoms with Crippen molar-refractivity contribution >= 4 is 11.8 Å². The van der Waals surface area contributed by atoms with Crippen molar-refractivity contribution in [2.24, 2.45) is 17.1 Å². The van der Waals surface area contributed by atoms with Crippen LogP contribution in [0.4, 0.5) is 0 Å². The van der Waals surface area contributed by atoms with Crippen molar-refractivity contribution in [1.29, 1.82) is 0 Å². The van der Waals surface area contributed by atoms with Crippen molar-refractivity contribution in [3.63, 3.8) is 0 Å². The molecule has 1 atom stereocenters. The van der Waals surface area contributed by atoms with Gasteiger partial charge in [0.25, 0.3) is 0 Å². The van der Waals surface area contributed by atoms with Gasteiger partial charge in [0.2, 0.25) is 11.8 Å². The lowest BCUT2D eigenvalue weighted by molar-refractivity contribution is -0.142. The predicted octanol–water partition coefficient (Wildman–Crippen LogP) is 0.213. The maximum atomic E-state index is 11.9. The number of hydrogen-bond donors (Lipinski definition) is 1. The number of nitrogens with two attached hydrogens (primary N) is 1. The second-order valence-electron chi connectivity index (χ2n) is 7.25. The van der Waals surface area contributed by atoms with Crippen molar-refractivity contribution in [2.75, 3.05) is 45.9 Å². The standard InChI is InChI=1S/C16H27N3O3/c17-14(20)10-19-12-16(3-1-15(19)21)4-6-18(7-5-16)9-13-2-8-22-11-13/h13H,1-12H2,(H2,17,20)/t13-/m1/s1. The van der Waals surface area contributed by atoms with Crippen LogP contribution in [-0.2, 0) is 14.3 Å². The molecule has 0 unspecified atom stereocenters. The van der Waals surface area contributed by atoms with E-state index in [1.54, 1.807) is 4.90 Å². The van der Waals surface area contributed by atoms with Crippen molar-refractivity contribution in [1.82, 2.24) is 9.80 Å². The molecule has 2 amide bonds. The van der Waals surface area contributed by atoms with E-state index in [0.29, 0.717) is 18.9 Å². The Bertz CT molecular complexity index is 426. The molecule has 0 aromatic heterocycles. The fourth-order valence-electron chi connectivity index (χ4n) is 4.15. The fourth-order valence-corrected chi connectivity index (χ4v) is 4.15. The third-order valence-corrected chi connectivity index (χ3v) is 5.55. The van der Waals surface area contributed by atoms with Crippen LogP contribution in [0.1, 0.15) is 32.1 Å². The molecule has 3 rings (SSSR count). The number of ether oxygens (including phenoxy) is 1. The molecule has 6 nitrogen and oxygen atoms in total. The van der Waals surface area contributed by atoms with Crippen LogP contribution in [0.15, 0.2) is 0 Å². The molecule has 3 heterocycles. The van der Waals surface area contributed by atoms with Crippen molar-refractivity contribution < 1.29 is 14.3 Å². The number of rotatable bonds is 4. The zero-order valence-electron chi connectivity index (χ0n) is 13.3. The fraction of sp³-hybridized carbons (Fsp3) is 0.875. The van der Waals surface area contributed by atoms with Gasteiger partial charge in [-0.2, -0.15) is 0 Å². The molecule has 22 heavy (non-hydrogen) atoms. The summed E-state index contributed by atoms with van der Waals surface area (Å²) in [5.41, 5.74) is 5.46. The Labute approximate surface area is 131 Å². The van der Waals surface area contributed by atoms with E-state index >= 15 is 0 Å². The average molecular weight is 309 g/mol. The second-order valence-corrected chi connectivity index (χ2v) is 7.25. The zero-order valence-corrected chi connectivity index (χ0v) is 13.3. The highest BCUT2D eigenvalue weighted by Gasteiger charge is 2.41. The Morgan fingerprint density at radius 1 is 1.32 bits per heavy atom. The van der Waals surface area contributed by atoms with E-state index in [0.717, 1.165) is 52.1 Å². The summed E-state index contributed by atoms with van der Waals surface area (Å²) in [6.07, 6.45) is 4.93. The lowest BCUT2D eigenvalue weighted by atomic mass is 9.72. The van der Waals surface area contributed by atoms with E-state index in [4.69, 9.17) is 10.5 Å². The van der Waals surface area contributed by atoms with Crippen LogP contribution >= 0.6 is 0 Å². The van der Waals surface area contributed by atoms with Gasteiger partial charge in [-0.05, 0) is 50.1 Å². The number of nitrogens with zero attached hydrogens (tertiary/aromatic N) is 2. The minimum Gasteiger partial charge on any atom is -0.381 e. The van der Waals surface area contributed by atoms with Gasteiger partial charge in [-0.3, -0.25) is 9.59 Å². The summed E-state index contributed by atoms with van der Waals surface area (Å²) in [6.45, 7) is 5.91. The van der Waals surface area contributed by atoms with E-state index in [1.165, 1.54) is 6.42 Å². The molecular weight excluding hydrogens is 282 g/mol. The molecule has 0 radical (unpaired) electrons. The molecule has 0 aliphatic carbocycles. The third-order valence-electron chi connectivity index (χ3n) is 5.55. The Kier molecular flexibility index (Phi) is 4.68. The molecule has 0 bridgehead atoms. The highest BCUT2D eigenvalue weighted by atomic mass is 16.5. The maximum absolute atomic E-state index is 11.9. The summed E-state index contributed by atoms with van der Waals surface area (Å²) < 4.78 is 5.46. The quantitative estimate of drug-likeness (QED) is 0.805. The average Bonchev–Trinajstić information content (AvgIpc) is 2.98. The van der Waals surface area contributed by atoms with Gasteiger partial charge in [-0.15, -0.1) is 0 Å². The summed E-state index contributed by atoms with van der Waals surface area (Å²) in [5, 5.41) is 0. The van der Waals surface area contributed by atoms with Gasteiger partial charge < -0.3 is 20.3 Å². The Morgan fingerprint density at radius 2 is 2.09 bits per heavy atom. The number of carbonyl (C=O) groups excluding carboxylic acids is 2. The number of amides is 2. The summed E-state index contributed by atoms with van der Waals surface area (Å²) in [7, 11) is 0. The van der Waals surface area contributed by atoms with Crippen molar-refractivity contribution in [3.05, 3.63) is 0 Å². The summed E-state index contributed by atoms with van der Waals surface area (Å²) >= 11 is 0. The largest absolute Gasteiger partial charge is 0.381 e. The van der Waals surface area contributed by atoms with Gasteiger partial charge in [0.1, 0.15) is 0 Å². The topological polar surface area (TPSA) is 75.9 Å². The zero-order chi connectivity index (χ0) is 15.6. The molecule has 3 aliphatic rings. The van der Waals surface area contributed by atoms with Gasteiger partial charge in [0, 0.05) is 26.1 Å². The number of carbonyl (C=O) groups is 2. The minimum absolute atomic E-state index is 0.0731. The molecule has 2 N–H and O–H groups in total. The molecule has 3 fully saturated rings. The monoisotopic (exact) mass is 309 g/mol. The lowest BCUT2D eigenvalue weighted by Gasteiger charge is -2.47. The molecule has 6 heteroatoms. The number of piperidine rings is 2. The van der Waals surface area contributed by atoms with Gasteiger partial charge in [0.05, 0.1) is 13.2 Å². The normalized spacial score (nSPS) is 29.2. The van der Waals surface area contributed by atoms with Crippen molar-refractivity contribution in [3.8, 4) is 0 Å². The number of primary amides is 1. The molecule has 1 spiro atoms. The van der Waals surface area contributed by atoms with Crippen LogP contribution < -0.4 is 5.73 Å². The first-order chi connectivity index (χ1) is 10.6. The van der Waals surface area contributed by atoms with E-state index in [2.05, 4.69) is 4.90 Å². The molecular formula is C16H27N3O3. The summed E-state index contributed by atoms with van der Waals surface area (Å²) in [6, 6.07) is 0. The van der Waals surface area contributed by atoms with E-state index < -0.39 is 5.91 Å². The molecule has 124 valence electrons. The van der Waals surface area contributed by atoms with Crippen LogP contribution in [0.25, 0.3) is 0 Å². The van der Waals surface area contributed by atoms with Crippen LogP contribution in [0.5, 0.6) is 0 Å². The number of hydrogen-bond acceptors (Lipinski definition) is 4. The maximum Gasteiger partial charge on any atom is 0.237 e. The van der Waals surface area contributed by atoms with Gasteiger partial charge in [-0.25, -0.2) is 0 Å². The number of likely N-dealkylation sites (tertiary alicyclic amines) is 2. The Hall–Kier alpha value is -1.14. The molecule has 0 aromatic carbocycles.